The predicted molar refractivity (Wildman–Crippen MR) is 140 cm³/mol. The third kappa shape index (κ3) is 4.14. The molecule has 5 aliphatic rings. The zero-order valence-electron chi connectivity index (χ0n) is 20.4. The summed E-state index contributed by atoms with van der Waals surface area (Å²) in [5.74, 6) is -2.78. The molecule has 6 rings (SSSR count). The van der Waals surface area contributed by atoms with E-state index in [1.54, 1.807) is 0 Å². The molecule has 1 aromatic rings. The number of hydrogen-bond donors (Lipinski definition) is 2. The van der Waals surface area contributed by atoms with Crippen molar-refractivity contribution in [2.75, 3.05) is 24.7 Å². The molecular formula is C24H22N4O8S3. The smallest absolute Gasteiger partial charge is 0.352 e. The Hall–Kier alpha value is -3.30. The van der Waals surface area contributed by atoms with Gasteiger partial charge in [0.1, 0.15) is 40.8 Å². The maximum absolute atomic E-state index is 13.5. The van der Waals surface area contributed by atoms with Crippen molar-refractivity contribution >= 4 is 70.4 Å². The topological polar surface area (TPSA) is 154 Å². The van der Waals surface area contributed by atoms with E-state index < -0.39 is 46.6 Å². The molecular weight excluding hydrogens is 568 g/mol. The van der Waals surface area contributed by atoms with E-state index in [4.69, 9.17) is 4.74 Å². The second-order valence-electron chi connectivity index (χ2n) is 9.49. The number of carbonyl (C=O) groups is 6. The SMILES string of the molecule is CC(=O)OCC1=C(C(=O)O)N2C(=O)[C@@H](N3CC4=C(C3=O)N3C(=O)[C@@H](NC(=O)Cc5cccs5)[C@H]3SC4)[C@H]2SC1. The zero-order chi connectivity index (χ0) is 27.6. The molecule has 0 spiro atoms. The molecule has 4 amide bonds. The fourth-order valence-electron chi connectivity index (χ4n) is 5.36. The predicted octanol–water partition coefficient (Wildman–Crippen LogP) is -0.0277. The molecule has 6 heterocycles. The van der Waals surface area contributed by atoms with Crippen molar-refractivity contribution in [3.05, 3.63) is 44.9 Å². The van der Waals surface area contributed by atoms with E-state index in [1.807, 2.05) is 17.5 Å². The molecule has 12 nitrogen and oxygen atoms in total. The van der Waals surface area contributed by atoms with Gasteiger partial charge < -0.3 is 20.1 Å². The fraction of sp³-hybridized carbons (Fsp3) is 0.417. The second kappa shape index (κ2) is 9.71. The maximum Gasteiger partial charge on any atom is 0.352 e. The molecule has 0 bridgehead atoms. The van der Waals surface area contributed by atoms with Gasteiger partial charge in [-0.3, -0.25) is 33.8 Å². The number of carboxylic acids is 1. The summed E-state index contributed by atoms with van der Waals surface area (Å²) in [6.45, 7) is 1.15. The summed E-state index contributed by atoms with van der Waals surface area (Å²) < 4.78 is 4.96. The van der Waals surface area contributed by atoms with E-state index in [1.165, 1.54) is 51.6 Å². The summed E-state index contributed by atoms with van der Waals surface area (Å²) >= 11 is 4.22. The van der Waals surface area contributed by atoms with Gasteiger partial charge in [0.25, 0.3) is 17.7 Å². The van der Waals surface area contributed by atoms with E-state index in [0.29, 0.717) is 11.3 Å². The number of aliphatic carboxylic acids is 1. The van der Waals surface area contributed by atoms with Crippen molar-refractivity contribution in [3.8, 4) is 0 Å². The van der Waals surface area contributed by atoms with E-state index in [0.717, 1.165) is 15.4 Å². The Kier molecular flexibility index (Phi) is 6.46. The summed E-state index contributed by atoms with van der Waals surface area (Å²) in [5, 5.41) is 13.4. The summed E-state index contributed by atoms with van der Waals surface area (Å²) in [4.78, 5) is 80.3. The molecule has 4 atom stereocenters. The van der Waals surface area contributed by atoms with Crippen molar-refractivity contribution in [3.63, 3.8) is 0 Å². The van der Waals surface area contributed by atoms with Crippen molar-refractivity contribution in [2.24, 2.45) is 0 Å². The van der Waals surface area contributed by atoms with Gasteiger partial charge in [0.05, 0.1) is 6.42 Å². The molecule has 0 radical (unpaired) electrons. The van der Waals surface area contributed by atoms with Gasteiger partial charge in [-0.1, -0.05) is 6.07 Å². The number of β-lactam (4-membered cyclic amide) rings is 2. The Labute approximate surface area is 234 Å². The molecule has 2 N–H and O–H groups in total. The number of amides is 4. The van der Waals surface area contributed by atoms with Crippen LogP contribution in [0.15, 0.2) is 40.1 Å². The van der Waals surface area contributed by atoms with Crippen LogP contribution in [0.4, 0.5) is 0 Å². The minimum atomic E-state index is -1.31. The van der Waals surface area contributed by atoms with Gasteiger partial charge in [0.15, 0.2) is 0 Å². The van der Waals surface area contributed by atoms with Crippen LogP contribution in [0.3, 0.4) is 0 Å². The second-order valence-corrected chi connectivity index (χ2v) is 12.7. The van der Waals surface area contributed by atoms with Crippen molar-refractivity contribution in [1.29, 1.82) is 0 Å². The molecule has 0 saturated carbocycles. The molecule has 15 heteroatoms. The lowest BCUT2D eigenvalue weighted by Gasteiger charge is -2.52. The molecule has 0 aromatic carbocycles. The van der Waals surface area contributed by atoms with Gasteiger partial charge >= 0.3 is 11.9 Å². The number of carboxylic acid groups (broad SMARTS) is 1. The number of ether oxygens (including phenoxy) is 1. The first-order chi connectivity index (χ1) is 18.7. The van der Waals surface area contributed by atoms with Gasteiger partial charge in [0, 0.05) is 35.4 Å². The Morgan fingerprint density at radius 3 is 2.56 bits per heavy atom. The number of hydrogen-bond acceptors (Lipinski definition) is 10. The highest BCUT2D eigenvalue weighted by Gasteiger charge is 2.61. The number of esters is 1. The van der Waals surface area contributed by atoms with Gasteiger partial charge in [-0.2, -0.15) is 0 Å². The van der Waals surface area contributed by atoms with Crippen LogP contribution in [-0.2, 0) is 39.9 Å². The van der Waals surface area contributed by atoms with Gasteiger partial charge in [-0.15, -0.1) is 34.9 Å². The fourth-order valence-corrected chi connectivity index (χ4v) is 8.79. The normalized spacial score (nSPS) is 27.5. The first-order valence-electron chi connectivity index (χ1n) is 12.0. The molecule has 39 heavy (non-hydrogen) atoms. The average Bonchev–Trinajstić information content (AvgIpc) is 3.52. The highest BCUT2D eigenvalue weighted by molar-refractivity contribution is 8.00. The van der Waals surface area contributed by atoms with Crippen LogP contribution in [0.1, 0.15) is 11.8 Å². The van der Waals surface area contributed by atoms with E-state index in [2.05, 4.69) is 5.32 Å². The van der Waals surface area contributed by atoms with Crippen LogP contribution >= 0.6 is 34.9 Å². The number of thiophene rings is 1. The van der Waals surface area contributed by atoms with Crippen molar-refractivity contribution in [1.82, 2.24) is 20.0 Å². The van der Waals surface area contributed by atoms with Crippen LogP contribution in [0.25, 0.3) is 0 Å². The molecule has 0 unspecified atom stereocenters. The standard InChI is InChI=1S/C24H22N4O8S3/c1-10(29)36-7-12-9-39-23-18(21(33)28(23)17(12)24(34)35)26-6-11-8-38-22-15(19(31)27(22)16(11)20(26)32)25-14(30)5-13-3-2-4-37-13/h2-4,15,18,22-23H,5-9H2,1H3,(H,25,30)(H,34,35)/t15-,18-,22-,23-/m1/s1. The third-order valence-electron chi connectivity index (χ3n) is 7.11. The largest absolute Gasteiger partial charge is 0.477 e. The summed E-state index contributed by atoms with van der Waals surface area (Å²) in [6, 6.07) is 2.09. The van der Waals surface area contributed by atoms with Crippen LogP contribution in [0, 0.1) is 0 Å². The monoisotopic (exact) mass is 590 g/mol. The Morgan fingerprint density at radius 2 is 1.87 bits per heavy atom. The number of thioether (sulfide) groups is 2. The first-order valence-corrected chi connectivity index (χ1v) is 15.0. The number of carbonyl (C=O) groups excluding carboxylic acids is 5. The molecule has 0 aliphatic carbocycles. The lowest BCUT2D eigenvalue weighted by Crippen LogP contribution is -2.72. The van der Waals surface area contributed by atoms with E-state index in [-0.39, 0.29) is 48.5 Å². The summed E-state index contributed by atoms with van der Waals surface area (Å²) in [6.07, 6.45) is 0.175. The molecule has 5 aliphatic heterocycles. The first kappa shape index (κ1) is 26.0. The molecule has 1 aromatic heterocycles. The zero-order valence-corrected chi connectivity index (χ0v) is 22.9. The van der Waals surface area contributed by atoms with Gasteiger partial charge in [-0.25, -0.2) is 4.79 Å². The number of rotatable bonds is 7. The maximum atomic E-state index is 13.5. The number of nitrogens with one attached hydrogen (secondary N) is 1. The lowest BCUT2D eigenvalue weighted by molar-refractivity contribution is -0.159. The summed E-state index contributed by atoms with van der Waals surface area (Å²) in [5.41, 5.74) is 1.08. The minimum Gasteiger partial charge on any atom is -0.477 e. The van der Waals surface area contributed by atoms with Gasteiger partial charge in [0.2, 0.25) is 5.91 Å². The van der Waals surface area contributed by atoms with E-state index >= 15 is 0 Å². The van der Waals surface area contributed by atoms with Crippen molar-refractivity contribution < 1.29 is 38.6 Å². The molecule has 204 valence electrons. The number of fused-ring (bicyclic) bond motifs is 3. The Balaban J connectivity index is 1.14. The van der Waals surface area contributed by atoms with E-state index in [9.17, 15) is 33.9 Å². The van der Waals surface area contributed by atoms with Crippen LogP contribution in [0.2, 0.25) is 0 Å². The average molecular weight is 591 g/mol. The summed E-state index contributed by atoms with van der Waals surface area (Å²) in [7, 11) is 0. The van der Waals surface area contributed by atoms with Crippen LogP contribution in [0.5, 0.6) is 0 Å². The van der Waals surface area contributed by atoms with Crippen molar-refractivity contribution in [2.45, 2.75) is 36.2 Å². The highest BCUT2D eigenvalue weighted by Crippen LogP contribution is 2.47. The molecule has 2 fully saturated rings. The van der Waals surface area contributed by atoms with Crippen LogP contribution < -0.4 is 5.32 Å². The Bertz CT molecular complexity index is 1390. The Morgan fingerprint density at radius 1 is 1.10 bits per heavy atom. The highest BCUT2D eigenvalue weighted by atomic mass is 32.2. The van der Waals surface area contributed by atoms with Crippen LogP contribution in [-0.4, -0.2) is 103 Å². The molecule has 2 saturated heterocycles. The third-order valence-corrected chi connectivity index (χ3v) is 10.7. The quantitative estimate of drug-likeness (QED) is 0.327. The van der Waals surface area contributed by atoms with Gasteiger partial charge in [-0.05, 0) is 17.0 Å². The number of nitrogens with zero attached hydrogens (tertiary/aromatic N) is 3. The minimum absolute atomic E-state index is 0.167. The lowest BCUT2D eigenvalue weighted by atomic mass is 10.0.